The van der Waals surface area contributed by atoms with Gasteiger partial charge in [0.1, 0.15) is 5.82 Å². The topological polar surface area (TPSA) is 61.0 Å². The summed E-state index contributed by atoms with van der Waals surface area (Å²) in [6, 6.07) is 12.0. The molecule has 0 saturated carbocycles. The lowest BCUT2D eigenvalue weighted by molar-refractivity contribution is -0.136. The summed E-state index contributed by atoms with van der Waals surface area (Å²) in [6.45, 7) is 0.338. The monoisotopic (exact) mass is 420 g/mol. The van der Waals surface area contributed by atoms with E-state index in [2.05, 4.69) is 15.5 Å². The number of carbonyl (C=O) groups excluding carboxylic acids is 1. The first-order valence-corrected chi connectivity index (χ1v) is 9.22. The molecule has 1 heterocycles. The Morgan fingerprint density at radius 2 is 1.83 bits per heavy atom. The zero-order chi connectivity index (χ0) is 21.7. The molecular weight excluding hydrogens is 400 g/mol. The van der Waals surface area contributed by atoms with E-state index in [1.807, 2.05) is 6.07 Å². The van der Waals surface area contributed by atoms with Gasteiger partial charge >= 0.3 is 12.2 Å². The fourth-order valence-corrected chi connectivity index (χ4v) is 2.92. The number of aromatic amines is 1. The molecule has 5 nitrogen and oxygen atoms in total. The molecule has 0 spiro atoms. The van der Waals surface area contributed by atoms with Crippen molar-refractivity contribution in [1.29, 1.82) is 0 Å². The maximum absolute atomic E-state index is 13.0. The van der Waals surface area contributed by atoms with Crippen LogP contribution in [0.5, 0.6) is 0 Å². The van der Waals surface area contributed by atoms with E-state index in [4.69, 9.17) is 0 Å². The summed E-state index contributed by atoms with van der Waals surface area (Å²) < 4.78 is 52.1. The van der Waals surface area contributed by atoms with Crippen molar-refractivity contribution in [1.82, 2.24) is 15.1 Å². The molecule has 0 aliphatic carbocycles. The van der Waals surface area contributed by atoms with Crippen LogP contribution in [-0.4, -0.2) is 34.7 Å². The van der Waals surface area contributed by atoms with E-state index in [-0.39, 0.29) is 11.5 Å². The van der Waals surface area contributed by atoms with E-state index in [0.29, 0.717) is 25.1 Å². The van der Waals surface area contributed by atoms with Crippen LogP contribution in [0.1, 0.15) is 17.7 Å². The highest BCUT2D eigenvalue weighted by atomic mass is 19.4. The molecule has 1 aromatic heterocycles. The summed E-state index contributed by atoms with van der Waals surface area (Å²) >= 11 is 0. The second-order valence-corrected chi connectivity index (χ2v) is 6.78. The molecule has 30 heavy (non-hydrogen) atoms. The van der Waals surface area contributed by atoms with Crippen molar-refractivity contribution in [2.75, 3.05) is 18.9 Å². The van der Waals surface area contributed by atoms with E-state index >= 15 is 0 Å². The molecule has 0 unspecified atom stereocenters. The molecule has 0 aliphatic heterocycles. The maximum Gasteiger partial charge on any atom is 0.418 e. The van der Waals surface area contributed by atoms with Gasteiger partial charge in [-0.25, -0.2) is 9.18 Å². The Kier molecular flexibility index (Phi) is 6.39. The van der Waals surface area contributed by atoms with E-state index in [1.165, 1.54) is 42.3 Å². The molecule has 2 N–H and O–H groups in total. The number of amides is 2. The minimum absolute atomic E-state index is 0.278. The van der Waals surface area contributed by atoms with Crippen molar-refractivity contribution < 1.29 is 22.4 Å². The zero-order valence-corrected chi connectivity index (χ0v) is 16.1. The van der Waals surface area contributed by atoms with Crippen LogP contribution in [0.15, 0.2) is 54.6 Å². The molecular formula is C21H20F4N4O. The normalized spacial score (nSPS) is 11.4. The number of alkyl halides is 3. The summed E-state index contributed by atoms with van der Waals surface area (Å²) in [6.07, 6.45) is -3.38. The molecule has 2 aromatic carbocycles. The molecule has 9 heteroatoms. The summed E-state index contributed by atoms with van der Waals surface area (Å²) in [4.78, 5) is 13.6. The quantitative estimate of drug-likeness (QED) is 0.530. The Morgan fingerprint density at radius 3 is 2.53 bits per heavy atom. The number of urea groups is 1. The van der Waals surface area contributed by atoms with Crippen molar-refractivity contribution in [3.05, 3.63) is 71.7 Å². The number of H-pyrrole nitrogens is 1. The summed E-state index contributed by atoms with van der Waals surface area (Å²) in [5.74, 6) is -0.325. The standard InChI is InChI=1S/C21H20F4N4O/c1-29(20(30)26-18-7-3-2-6-17(18)21(23,24)25)12-4-5-16-13-19(28-27-16)14-8-10-15(22)11-9-14/h2-3,6-11,13H,4-5,12H2,1H3,(H,26,30)(H,27,28). The van der Waals surface area contributed by atoms with Crippen LogP contribution in [0, 0.1) is 5.82 Å². The third kappa shape index (κ3) is 5.37. The third-order valence-corrected chi connectivity index (χ3v) is 4.53. The number of hydrogen-bond donors (Lipinski definition) is 2. The van der Waals surface area contributed by atoms with Gasteiger partial charge in [-0.3, -0.25) is 5.10 Å². The number of anilines is 1. The molecule has 0 aliphatic rings. The smallest absolute Gasteiger partial charge is 0.328 e. The highest BCUT2D eigenvalue weighted by Crippen LogP contribution is 2.34. The number of benzene rings is 2. The zero-order valence-electron chi connectivity index (χ0n) is 16.1. The molecule has 158 valence electrons. The Bertz CT molecular complexity index is 999. The predicted octanol–water partition coefficient (Wildman–Crippen LogP) is 5.33. The molecule has 0 atom stereocenters. The van der Waals surface area contributed by atoms with Crippen LogP contribution in [-0.2, 0) is 12.6 Å². The van der Waals surface area contributed by atoms with Gasteiger partial charge in [0.15, 0.2) is 0 Å². The summed E-state index contributed by atoms with van der Waals surface area (Å²) in [7, 11) is 1.52. The lowest BCUT2D eigenvalue weighted by atomic mass is 10.1. The van der Waals surface area contributed by atoms with Crippen molar-refractivity contribution in [2.45, 2.75) is 19.0 Å². The van der Waals surface area contributed by atoms with Crippen molar-refractivity contribution in [2.24, 2.45) is 0 Å². The molecule has 0 bridgehead atoms. The minimum Gasteiger partial charge on any atom is -0.328 e. The number of aromatic nitrogens is 2. The Morgan fingerprint density at radius 1 is 1.13 bits per heavy atom. The average molecular weight is 420 g/mol. The van der Waals surface area contributed by atoms with Gasteiger partial charge in [0.2, 0.25) is 0 Å². The SMILES string of the molecule is CN(CCCc1cc(-c2ccc(F)cc2)n[nH]1)C(=O)Nc1ccccc1C(F)(F)F. The van der Waals surface area contributed by atoms with Crippen LogP contribution in [0.25, 0.3) is 11.3 Å². The van der Waals surface area contributed by atoms with Gasteiger partial charge in [-0.05, 0) is 55.3 Å². The number of para-hydroxylation sites is 1. The van der Waals surface area contributed by atoms with E-state index in [0.717, 1.165) is 17.3 Å². The number of carbonyl (C=O) groups is 1. The van der Waals surface area contributed by atoms with E-state index in [9.17, 15) is 22.4 Å². The van der Waals surface area contributed by atoms with Crippen molar-refractivity contribution in [3.63, 3.8) is 0 Å². The molecule has 2 amide bonds. The Hall–Kier alpha value is -3.36. The van der Waals surface area contributed by atoms with Gasteiger partial charge in [-0.2, -0.15) is 18.3 Å². The van der Waals surface area contributed by atoms with Crippen LogP contribution in [0.4, 0.5) is 28.0 Å². The molecule has 0 radical (unpaired) electrons. The first-order chi connectivity index (χ1) is 14.2. The highest BCUT2D eigenvalue weighted by Gasteiger charge is 2.33. The number of rotatable bonds is 6. The largest absolute Gasteiger partial charge is 0.418 e. The minimum atomic E-state index is -4.55. The van der Waals surface area contributed by atoms with Gasteiger partial charge in [0.05, 0.1) is 16.9 Å². The number of aryl methyl sites for hydroxylation is 1. The van der Waals surface area contributed by atoms with Crippen LogP contribution in [0.2, 0.25) is 0 Å². The lowest BCUT2D eigenvalue weighted by Crippen LogP contribution is -2.33. The fraction of sp³-hybridized carbons (Fsp3) is 0.238. The summed E-state index contributed by atoms with van der Waals surface area (Å²) in [5.41, 5.74) is 1.13. The molecule has 3 aromatic rings. The summed E-state index contributed by atoms with van der Waals surface area (Å²) in [5, 5.41) is 9.40. The van der Waals surface area contributed by atoms with Crippen LogP contribution < -0.4 is 5.32 Å². The fourth-order valence-electron chi connectivity index (χ4n) is 2.92. The van der Waals surface area contributed by atoms with Gasteiger partial charge in [0.25, 0.3) is 0 Å². The maximum atomic E-state index is 13.0. The number of nitrogens with zero attached hydrogens (tertiary/aromatic N) is 2. The van der Waals surface area contributed by atoms with Crippen LogP contribution >= 0.6 is 0 Å². The Balaban J connectivity index is 1.52. The van der Waals surface area contributed by atoms with Gasteiger partial charge in [-0.1, -0.05) is 12.1 Å². The molecule has 0 fully saturated rings. The van der Waals surface area contributed by atoms with E-state index < -0.39 is 17.8 Å². The van der Waals surface area contributed by atoms with Gasteiger partial charge in [0, 0.05) is 24.8 Å². The predicted molar refractivity (Wildman–Crippen MR) is 105 cm³/mol. The van der Waals surface area contributed by atoms with Gasteiger partial charge < -0.3 is 10.2 Å². The third-order valence-electron chi connectivity index (χ3n) is 4.53. The van der Waals surface area contributed by atoms with Crippen molar-refractivity contribution in [3.8, 4) is 11.3 Å². The second-order valence-electron chi connectivity index (χ2n) is 6.78. The lowest BCUT2D eigenvalue weighted by Gasteiger charge is -2.19. The van der Waals surface area contributed by atoms with E-state index in [1.54, 1.807) is 12.1 Å². The highest BCUT2D eigenvalue weighted by molar-refractivity contribution is 5.90. The molecule has 0 saturated heterocycles. The Labute approximate surface area is 170 Å². The number of hydrogen-bond acceptors (Lipinski definition) is 2. The average Bonchev–Trinajstić information content (AvgIpc) is 3.17. The van der Waals surface area contributed by atoms with Crippen LogP contribution in [0.3, 0.4) is 0 Å². The second kappa shape index (κ2) is 8.98. The number of halogens is 4. The first kappa shape index (κ1) is 21.4. The van der Waals surface area contributed by atoms with Gasteiger partial charge in [-0.15, -0.1) is 0 Å². The number of nitrogens with one attached hydrogen (secondary N) is 2. The van der Waals surface area contributed by atoms with Crippen molar-refractivity contribution >= 4 is 11.7 Å². The first-order valence-electron chi connectivity index (χ1n) is 9.22. The molecule has 3 rings (SSSR count).